The van der Waals surface area contributed by atoms with Gasteiger partial charge in [-0.05, 0) is 30.3 Å². The van der Waals surface area contributed by atoms with Crippen molar-refractivity contribution in [3.05, 3.63) is 51.7 Å². The first-order chi connectivity index (χ1) is 9.92. The minimum atomic E-state index is -1.26. The molecule has 0 amide bonds. The SMILES string of the molecule is N#Cc1cc(Br)ccc1Nc1cc(C(=O)O)c(N)cc1F. The topological polar surface area (TPSA) is 99.1 Å². The van der Waals surface area contributed by atoms with Crippen LogP contribution in [0.4, 0.5) is 21.5 Å². The fourth-order valence-corrected chi connectivity index (χ4v) is 2.09. The van der Waals surface area contributed by atoms with Gasteiger partial charge in [-0.1, -0.05) is 15.9 Å². The molecule has 0 fully saturated rings. The number of nitrogens with two attached hydrogens (primary N) is 1. The van der Waals surface area contributed by atoms with Crippen LogP contribution in [0.15, 0.2) is 34.8 Å². The highest BCUT2D eigenvalue weighted by atomic mass is 79.9. The van der Waals surface area contributed by atoms with Gasteiger partial charge in [-0.25, -0.2) is 9.18 Å². The maximum atomic E-state index is 13.9. The third-order valence-electron chi connectivity index (χ3n) is 2.74. The van der Waals surface area contributed by atoms with Gasteiger partial charge in [0.2, 0.25) is 0 Å². The highest BCUT2D eigenvalue weighted by molar-refractivity contribution is 9.10. The molecule has 0 saturated heterocycles. The van der Waals surface area contributed by atoms with E-state index in [2.05, 4.69) is 21.2 Å². The quantitative estimate of drug-likeness (QED) is 0.736. The smallest absolute Gasteiger partial charge is 0.337 e. The lowest BCUT2D eigenvalue weighted by molar-refractivity contribution is 0.0698. The van der Waals surface area contributed by atoms with Gasteiger partial charge in [-0.2, -0.15) is 5.26 Å². The van der Waals surface area contributed by atoms with E-state index in [1.807, 2.05) is 6.07 Å². The number of carboxylic acid groups (broad SMARTS) is 1. The number of nitrogen functional groups attached to an aromatic ring is 1. The van der Waals surface area contributed by atoms with Gasteiger partial charge in [0.25, 0.3) is 0 Å². The maximum Gasteiger partial charge on any atom is 0.337 e. The average molecular weight is 350 g/mol. The molecule has 0 saturated carbocycles. The van der Waals surface area contributed by atoms with Crippen LogP contribution in [0, 0.1) is 17.1 Å². The van der Waals surface area contributed by atoms with Gasteiger partial charge in [0.15, 0.2) is 0 Å². The van der Waals surface area contributed by atoms with Gasteiger partial charge in [0, 0.05) is 10.2 Å². The van der Waals surface area contributed by atoms with E-state index in [1.54, 1.807) is 18.2 Å². The molecule has 0 radical (unpaired) electrons. The second-order valence-corrected chi connectivity index (χ2v) is 5.07. The van der Waals surface area contributed by atoms with E-state index in [1.165, 1.54) is 0 Å². The van der Waals surface area contributed by atoms with Crippen LogP contribution < -0.4 is 11.1 Å². The summed E-state index contributed by atoms with van der Waals surface area (Å²) in [5.41, 5.74) is 5.66. The monoisotopic (exact) mass is 349 g/mol. The molecular formula is C14H9BrFN3O2. The molecule has 0 atom stereocenters. The van der Waals surface area contributed by atoms with Gasteiger partial charge >= 0.3 is 5.97 Å². The molecule has 5 nitrogen and oxygen atoms in total. The molecular weight excluding hydrogens is 341 g/mol. The molecule has 0 aliphatic rings. The lowest BCUT2D eigenvalue weighted by Crippen LogP contribution is -2.05. The average Bonchev–Trinajstić information content (AvgIpc) is 2.42. The van der Waals surface area contributed by atoms with Crippen molar-refractivity contribution < 1.29 is 14.3 Å². The Bertz CT molecular complexity index is 772. The highest BCUT2D eigenvalue weighted by Crippen LogP contribution is 2.28. The number of carbonyl (C=O) groups is 1. The zero-order valence-electron chi connectivity index (χ0n) is 10.5. The standard InChI is InChI=1S/C14H9BrFN3O2/c15-8-1-2-12(7(3-8)6-17)19-13-4-9(14(20)21)11(18)5-10(13)16/h1-5,19H,18H2,(H,20,21). The van der Waals surface area contributed by atoms with Crippen LogP contribution in [0.2, 0.25) is 0 Å². The van der Waals surface area contributed by atoms with Crippen LogP contribution in [0.1, 0.15) is 15.9 Å². The van der Waals surface area contributed by atoms with E-state index in [9.17, 15) is 9.18 Å². The van der Waals surface area contributed by atoms with Crippen LogP contribution >= 0.6 is 15.9 Å². The molecule has 7 heteroatoms. The number of nitriles is 1. The molecule has 0 spiro atoms. The summed E-state index contributed by atoms with van der Waals surface area (Å²) in [6.45, 7) is 0. The Hall–Kier alpha value is -2.59. The van der Waals surface area contributed by atoms with Crippen molar-refractivity contribution in [1.29, 1.82) is 5.26 Å². The number of halogens is 2. The number of carboxylic acids is 1. The first kappa shape index (κ1) is 14.8. The third kappa shape index (κ3) is 3.12. The summed E-state index contributed by atoms with van der Waals surface area (Å²) >= 11 is 3.23. The first-order valence-electron chi connectivity index (χ1n) is 5.71. The lowest BCUT2D eigenvalue weighted by Gasteiger charge is -2.11. The van der Waals surface area contributed by atoms with E-state index in [-0.39, 0.29) is 22.5 Å². The predicted octanol–water partition coefficient (Wildman–Crippen LogP) is 3.48. The molecule has 0 bridgehead atoms. The van der Waals surface area contributed by atoms with Crippen LogP contribution in [0.25, 0.3) is 0 Å². The van der Waals surface area contributed by atoms with Crippen molar-refractivity contribution in [2.24, 2.45) is 0 Å². The minimum Gasteiger partial charge on any atom is -0.478 e. The number of hydrogen-bond acceptors (Lipinski definition) is 4. The fraction of sp³-hybridized carbons (Fsp3) is 0. The molecule has 2 rings (SSSR count). The fourth-order valence-electron chi connectivity index (χ4n) is 1.73. The summed E-state index contributed by atoms with van der Waals surface area (Å²) in [6, 6.07) is 8.81. The number of hydrogen-bond donors (Lipinski definition) is 3. The summed E-state index contributed by atoms with van der Waals surface area (Å²) in [5, 5.41) is 20.8. The van der Waals surface area contributed by atoms with Crippen molar-refractivity contribution >= 4 is 39.0 Å². The van der Waals surface area contributed by atoms with E-state index in [0.717, 1.165) is 12.1 Å². The molecule has 106 valence electrons. The molecule has 0 unspecified atom stereocenters. The number of aromatic carboxylic acids is 1. The van der Waals surface area contributed by atoms with Crippen LogP contribution in [-0.4, -0.2) is 11.1 Å². The Kier molecular flexibility index (Phi) is 4.10. The summed E-state index contributed by atoms with van der Waals surface area (Å²) in [7, 11) is 0. The van der Waals surface area contributed by atoms with E-state index in [4.69, 9.17) is 16.1 Å². The molecule has 0 aliphatic carbocycles. The Balaban J connectivity index is 2.47. The number of benzene rings is 2. The zero-order valence-corrected chi connectivity index (χ0v) is 12.1. The molecule has 0 aromatic heterocycles. The van der Waals surface area contributed by atoms with Crippen molar-refractivity contribution in [2.45, 2.75) is 0 Å². The van der Waals surface area contributed by atoms with Crippen LogP contribution in [0.3, 0.4) is 0 Å². The van der Waals surface area contributed by atoms with Gasteiger partial charge < -0.3 is 16.2 Å². The lowest BCUT2D eigenvalue weighted by atomic mass is 10.1. The largest absolute Gasteiger partial charge is 0.478 e. The Morgan fingerprint density at radius 2 is 2.05 bits per heavy atom. The second-order valence-electron chi connectivity index (χ2n) is 4.15. The first-order valence-corrected chi connectivity index (χ1v) is 6.50. The number of anilines is 3. The predicted molar refractivity (Wildman–Crippen MR) is 79.9 cm³/mol. The van der Waals surface area contributed by atoms with E-state index < -0.39 is 11.8 Å². The van der Waals surface area contributed by atoms with E-state index >= 15 is 0 Å². The van der Waals surface area contributed by atoms with Gasteiger partial charge in [-0.15, -0.1) is 0 Å². The van der Waals surface area contributed by atoms with Crippen molar-refractivity contribution in [1.82, 2.24) is 0 Å². The molecule has 0 aliphatic heterocycles. The number of rotatable bonds is 3. The van der Waals surface area contributed by atoms with Gasteiger partial charge in [0.1, 0.15) is 11.9 Å². The molecule has 2 aromatic rings. The molecule has 0 heterocycles. The summed E-state index contributed by atoms with van der Waals surface area (Å²) < 4.78 is 14.6. The molecule has 2 aromatic carbocycles. The van der Waals surface area contributed by atoms with Crippen LogP contribution in [-0.2, 0) is 0 Å². The summed E-state index contributed by atoms with van der Waals surface area (Å²) in [5.74, 6) is -1.96. The van der Waals surface area contributed by atoms with Gasteiger partial charge in [0.05, 0.1) is 22.5 Å². The Morgan fingerprint density at radius 1 is 1.33 bits per heavy atom. The van der Waals surface area contributed by atoms with E-state index in [0.29, 0.717) is 10.2 Å². The summed E-state index contributed by atoms with van der Waals surface area (Å²) in [6.07, 6.45) is 0. The second kappa shape index (κ2) is 5.81. The summed E-state index contributed by atoms with van der Waals surface area (Å²) in [4.78, 5) is 11.0. The highest BCUT2D eigenvalue weighted by Gasteiger charge is 2.14. The Morgan fingerprint density at radius 3 is 2.67 bits per heavy atom. The molecule has 21 heavy (non-hydrogen) atoms. The number of nitrogens with one attached hydrogen (secondary N) is 1. The molecule has 4 N–H and O–H groups in total. The van der Waals surface area contributed by atoms with Crippen LogP contribution in [0.5, 0.6) is 0 Å². The van der Waals surface area contributed by atoms with Crippen molar-refractivity contribution in [3.8, 4) is 6.07 Å². The third-order valence-corrected chi connectivity index (χ3v) is 3.23. The van der Waals surface area contributed by atoms with Crippen molar-refractivity contribution in [2.75, 3.05) is 11.1 Å². The zero-order chi connectivity index (χ0) is 15.6. The normalized spacial score (nSPS) is 9.95. The maximum absolute atomic E-state index is 13.9. The minimum absolute atomic E-state index is 0.0691. The number of nitrogens with zero attached hydrogens (tertiary/aromatic N) is 1. The van der Waals surface area contributed by atoms with Crippen molar-refractivity contribution in [3.63, 3.8) is 0 Å². The van der Waals surface area contributed by atoms with Gasteiger partial charge in [-0.3, -0.25) is 0 Å². The Labute approximate surface area is 127 Å².